The maximum Gasteiger partial charge on any atom is 0.234 e. The van der Waals surface area contributed by atoms with Gasteiger partial charge in [0.05, 0.1) is 19.3 Å². The highest BCUT2D eigenvalue weighted by molar-refractivity contribution is 5.80. The second kappa shape index (κ2) is 7.24. The van der Waals surface area contributed by atoms with E-state index in [1.807, 2.05) is 41.3 Å². The zero-order chi connectivity index (χ0) is 15.2. The van der Waals surface area contributed by atoms with Crippen molar-refractivity contribution < 1.29 is 14.3 Å². The topological polar surface area (TPSA) is 64.8 Å². The number of hydrogen-bond acceptors (Lipinski definition) is 4. The SMILES string of the molecule is COc1ccccc1/C=C/CN1C[C@@H](OC)C[C@H]1C(N)=O. The minimum atomic E-state index is -0.291. The second-order valence-corrected chi connectivity index (χ2v) is 5.11. The number of primary amides is 1. The molecule has 0 aromatic heterocycles. The summed E-state index contributed by atoms with van der Waals surface area (Å²) in [5.41, 5.74) is 6.47. The smallest absolute Gasteiger partial charge is 0.234 e. The van der Waals surface area contributed by atoms with Crippen molar-refractivity contribution in [2.75, 3.05) is 27.3 Å². The molecule has 0 bridgehead atoms. The third-order valence-corrected chi connectivity index (χ3v) is 3.80. The van der Waals surface area contributed by atoms with Gasteiger partial charge < -0.3 is 15.2 Å². The molecule has 2 atom stereocenters. The lowest BCUT2D eigenvalue weighted by Crippen LogP contribution is -2.40. The minimum Gasteiger partial charge on any atom is -0.496 e. The largest absolute Gasteiger partial charge is 0.496 e. The quantitative estimate of drug-likeness (QED) is 0.857. The molecule has 1 aromatic rings. The van der Waals surface area contributed by atoms with Gasteiger partial charge in [-0.1, -0.05) is 30.4 Å². The lowest BCUT2D eigenvalue weighted by Gasteiger charge is -2.19. The highest BCUT2D eigenvalue weighted by atomic mass is 16.5. The lowest BCUT2D eigenvalue weighted by atomic mass is 10.1. The number of amides is 1. The van der Waals surface area contributed by atoms with Gasteiger partial charge in [0.15, 0.2) is 0 Å². The van der Waals surface area contributed by atoms with E-state index in [1.54, 1.807) is 14.2 Å². The molecule has 1 heterocycles. The van der Waals surface area contributed by atoms with Crippen LogP contribution >= 0.6 is 0 Å². The summed E-state index contributed by atoms with van der Waals surface area (Å²) < 4.78 is 10.6. The number of rotatable bonds is 6. The van der Waals surface area contributed by atoms with E-state index in [0.717, 1.165) is 17.9 Å². The molecule has 0 saturated carbocycles. The van der Waals surface area contributed by atoms with E-state index in [-0.39, 0.29) is 18.1 Å². The summed E-state index contributed by atoms with van der Waals surface area (Å²) in [5.74, 6) is 0.539. The Kier molecular flexibility index (Phi) is 5.36. The first-order valence-electron chi connectivity index (χ1n) is 7.01. The van der Waals surface area contributed by atoms with Gasteiger partial charge in [-0.05, 0) is 12.5 Å². The Hall–Kier alpha value is -1.85. The molecule has 2 N–H and O–H groups in total. The van der Waals surface area contributed by atoms with Gasteiger partial charge in [-0.2, -0.15) is 0 Å². The minimum absolute atomic E-state index is 0.0714. The van der Waals surface area contributed by atoms with Gasteiger partial charge >= 0.3 is 0 Å². The van der Waals surface area contributed by atoms with Crippen molar-refractivity contribution in [2.45, 2.75) is 18.6 Å². The van der Waals surface area contributed by atoms with E-state index in [4.69, 9.17) is 15.2 Å². The van der Waals surface area contributed by atoms with Gasteiger partial charge in [0.25, 0.3) is 0 Å². The van der Waals surface area contributed by atoms with Crippen molar-refractivity contribution >= 4 is 12.0 Å². The standard InChI is InChI=1S/C16H22N2O3/c1-20-13-10-14(16(17)19)18(11-13)9-5-7-12-6-3-4-8-15(12)21-2/h3-8,13-14H,9-11H2,1-2H3,(H2,17,19)/b7-5+/t13-,14-/m0/s1. The van der Waals surface area contributed by atoms with Crippen LogP contribution in [0.3, 0.4) is 0 Å². The molecule has 0 radical (unpaired) electrons. The average molecular weight is 290 g/mol. The number of carbonyl (C=O) groups excluding carboxylic acids is 1. The first kappa shape index (κ1) is 15.5. The fourth-order valence-electron chi connectivity index (χ4n) is 2.65. The Morgan fingerprint density at radius 1 is 1.43 bits per heavy atom. The van der Waals surface area contributed by atoms with E-state index in [1.165, 1.54) is 0 Å². The normalized spacial score (nSPS) is 22.8. The number of likely N-dealkylation sites (tertiary alicyclic amines) is 1. The predicted octanol–water partition coefficient (Wildman–Crippen LogP) is 1.28. The summed E-state index contributed by atoms with van der Waals surface area (Å²) >= 11 is 0. The van der Waals surface area contributed by atoms with Gasteiger partial charge in [0.2, 0.25) is 5.91 Å². The molecule has 21 heavy (non-hydrogen) atoms. The summed E-state index contributed by atoms with van der Waals surface area (Å²) in [4.78, 5) is 13.5. The number of ether oxygens (including phenoxy) is 2. The van der Waals surface area contributed by atoms with Gasteiger partial charge in [-0.25, -0.2) is 0 Å². The molecular weight excluding hydrogens is 268 g/mol. The molecule has 2 rings (SSSR count). The summed E-state index contributed by atoms with van der Waals surface area (Å²) in [7, 11) is 3.32. The molecule has 0 aliphatic carbocycles. The zero-order valence-corrected chi connectivity index (χ0v) is 12.5. The number of methoxy groups -OCH3 is 2. The molecule has 0 unspecified atom stereocenters. The predicted molar refractivity (Wildman–Crippen MR) is 82.0 cm³/mol. The first-order valence-corrected chi connectivity index (χ1v) is 7.01. The second-order valence-electron chi connectivity index (χ2n) is 5.11. The van der Waals surface area contributed by atoms with Crippen LogP contribution in [0.2, 0.25) is 0 Å². The molecule has 1 saturated heterocycles. The molecule has 0 spiro atoms. The van der Waals surface area contributed by atoms with Crippen molar-refractivity contribution in [3.8, 4) is 5.75 Å². The van der Waals surface area contributed by atoms with Crippen molar-refractivity contribution in [3.05, 3.63) is 35.9 Å². The van der Waals surface area contributed by atoms with E-state index in [2.05, 4.69) is 0 Å². The number of carbonyl (C=O) groups is 1. The molecule has 1 aliphatic heterocycles. The molecule has 5 heteroatoms. The van der Waals surface area contributed by atoms with Crippen LogP contribution in [0.1, 0.15) is 12.0 Å². The summed E-state index contributed by atoms with van der Waals surface area (Å²) in [6, 6.07) is 7.55. The number of hydrogen-bond donors (Lipinski definition) is 1. The Morgan fingerprint density at radius 2 is 2.19 bits per heavy atom. The number of nitrogens with zero attached hydrogens (tertiary/aromatic N) is 1. The van der Waals surface area contributed by atoms with Crippen LogP contribution in [0.15, 0.2) is 30.3 Å². The van der Waals surface area contributed by atoms with Gasteiger partial charge in [-0.15, -0.1) is 0 Å². The molecule has 5 nitrogen and oxygen atoms in total. The maximum atomic E-state index is 11.5. The van der Waals surface area contributed by atoms with Crippen molar-refractivity contribution in [1.29, 1.82) is 0 Å². The van der Waals surface area contributed by atoms with Crippen LogP contribution in [-0.2, 0) is 9.53 Å². The number of nitrogens with two attached hydrogens (primary N) is 1. The monoisotopic (exact) mass is 290 g/mol. The maximum absolute atomic E-state index is 11.5. The number of benzene rings is 1. The Labute approximate surface area is 125 Å². The van der Waals surface area contributed by atoms with Crippen molar-refractivity contribution in [3.63, 3.8) is 0 Å². The highest BCUT2D eigenvalue weighted by Crippen LogP contribution is 2.21. The lowest BCUT2D eigenvalue weighted by molar-refractivity contribution is -0.122. The Morgan fingerprint density at radius 3 is 2.86 bits per heavy atom. The van der Waals surface area contributed by atoms with Gasteiger partial charge in [0.1, 0.15) is 5.75 Å². The molecule has 1 amide bonds. The average Bonchev–Trinajstić information content (AvgIpc) is 2.91. The van der Waals surface area contributed by atoms with E-state index >= 15 is 0 Å². The molecule has 1 aliphatic rings. The van der Waals surface area contributed by atoms with Crippen LogP contribution in [0.25, 0.3) is 6.08 Å². The van der Waals surface area contributed by atoms with Crippen LogP contribution in [0.5, 0.6) is 5.75 Å². The fourth-order valence-corrected chi connectivity index (χ4v) is 2.65. The molecule has 1 fully saturated rings. The van der Waals surface area contributed by atoms with E-state index < -0.39 is 0 Å². The van der Waals surface area contributed by atoms with Crippen LogP contribution in [0.4, 0.5) is 0 Å². The van der Waals surface area contributed by atoms with Gasteiger partial charge in [-0.3, -0.25) is 9.69 Å². The summed E-state index contributed by atoms with van der Waals surface area (Å²) in [6.45, 7) is 1.38. The fraction of sp³-hybridized carbons (Fsp3) is 0.438. The highest BCUT2D eigenvalue weighted by Gasteiger charge is 2.34. The van der Waals surface area contributed by atoms with E-state index in [9.17, 15) is 4.79 Å². The van der Waals surface area contributed by atoms with Gasteiger partial charge in [0, 0.05) is 25.8 Å². The Balaban J connectivity index is 2.01. The first-order chi connectivity index (χ1) is 10.2. The van der Waals surface area contributed by atoms with E-state index in [0.29, 0.717) is 13.0 Å². The zero-order valence-electron chi connectivity index (χ0n) is 12.5. The van der Waals surface area contributed by atoms with Crippen molar-refractivity contribution in [2.24, 2.45) is 5.73 Å². The van der Waals surface area contributed by atoms with Crippen LogP contribution < -0.4 is 10.5 Å². The molecule has 1 aromatic carbocycles. The summed E-state index contributed by atoms with van der Waals surface area (Å²) in [6.07, 6.45) is 4.75. The Bertz CT molecular complexity index is 516. The molecular formula is C16H22N2O3. The van der Waals surface area contributed by atoms with Crippen LogP contribution in [-0.4, -0.2) is 50.3 Å². The number of para-hydroxylation sites is 1. The van der Waals surface area contributed by atoms with Crippen molar-refractivity contribution in [1.82, 2.24) is 4.90 Å². The van der Waals surface area contributed by atoms with Crippen LogP contribution in [0, 0.1) is 0 Å². The summed E-state index contributed by atoms with van der Waals surface area (Å²) in [5, 5.41) is 0. The molecule has 114 valence electrons. The third kappa shape index (κ3) is 3.83. The third-order valence-electron chi connectivity index (χ3n) is 3.80.